The van der Waals surface area contributed by atoms with Gasteiger partial charge in [-0.2, -0.15) is 20.1 Å². The molecular formula is C8H9F4NS. The van der Waals surface area contributed by atoms with E-state index in [1.54, 1.807) is 16.8 Å². The summed E-state index contributed by atoms with van der Waals surface area (Å²) < 4.78 is 48.1. The number of alkyl halides is 4. The van der Waals surface area contributed by atoms with Crippen molar-refractivity contribution in [3.8, 4) is 0 Å². The van der Waals surface area contributed by atoms with E-state index < -0.39 is 18.9 Å². The van der Waals surface area contributed by atoms with Crippen molar-refractivity contribution in [3.63, 3.8) is 0 Å². The summed E-state index contributed by atoms with van der Waals surface area (Å²) in [6.07, 6.45) is -3.61. The molecule has 0 fully saturated rings. The van der Waals surface area contributed by atoms with Gasteiger partial charge in [0.25, 0.3) is 0 Å². The van der Waals surface area contributed by atoms with Crippen molar-refractivity contribution in [2.45, 2.75) is 18.9 Å². The van der Waals surface area contributed by atoms with Gasteiger partial charge in [-0.3, -0.25) is 0 Å². The molecule has 14 heavy (non-hydrogen) atoms. The van der Waals surface area contributed by atoms with E-state index in [4.69, 9.17) is 0 Å². The molecule has 1 N–H and O–H groups in total. The standard InChI is InChI=1S/C8H9F4NS/c9-7(10)8(11,12)5-13-3-6-1-2-14-4-6/h1-2,4,7,13H,3,5H2. The molecule has 0 bridgehead atoms. The van der Waals surface area contributed by atoms with Crippen molar-refractivity contribution in [1.82, 2.24) is 5.32 Å². The highest BCUT2D eigenvalue weighted by molar-refractivity contribution is 7.07. The van der Waals surface area contributed by atoms with E-state index in [-0.39, 0.29) is 6.54 Å². The van der Waals surface area contributed by atoms with Crippen LogP contribution in [-0.4, -0.2) is 18.9 Å². The van der Waals surface area contributed by atoms with Gasteiger partial charge >= 0.3 is 12.3 Å². The monoisotopic (exact) mass is 227 g/mol. The number of nitrogens with one attached hydrogen (secondary N) is 1. The first-order valence-corrected chi connectivity index (χ1v) is 4.84. The molecule has 0 atom stereocenters. The maximum absolute atomic E-state index is 12.4. The minimum Gasteiger partial charge on any atom is -0.307 e. The molecule has 0 aromatic carbocycles. The lowest BCUT2D eigenvalue weighted by molar-refractivity contribution is -0.125. The molecule has 0 radical (unpaired) electrons. The summed E-state index contributed by atoms with van der Waals surface area (Å²) in [7, 11) is 0. The van der Waals surface area contributed by atoms with E-state index >= 15 is 0 Å². The number of thiophene rings is 1. The Morgan fingerprint density at radius 2 is 2.14 bits per heavy atom. The summed E-state index contributed by atoms with van der Waals surface area (Å²) >= 11 is 1.43. The Kier molecular flexibility index (Phi) is 3.88. The molecule has 0 amide bonds. The second-order valence-corrected chi connectivity index (χ2v) is 3.58. The zero-order valence-electron chi connectivity index (χ0n) is 7.14. The molecule has 0 aliphatic heterocycles. The van der Waals surface area contributed by atoms with Gasteiger partial charge in [-0.25, -0.2) is 8.78 Å². The number of rotatable bonds is 5. The second-order valence-electron chi connectivity index (χ2n) is 2.80. The van der Waals surface area contributed by atoms with E-state index in [0.717, 1.165) is 5.56 Å². The van der Waals surface area contributed by atoms with Crippen LogP contribution in [0, 0.1) is 0 Å². The van der Waals surface area contributed by atoms with Crippen LogP contribution in [0.4, 0.5) is 17.6 Å². The quantitative estimate of drug-likeness (QED) is 0.763. The Morgan fingerprint density at radius 3 is 2.64 bits per heavy atom. The summed E-state index contributed by atoms with van der Waals surface area (Å²) in [5.74, 6) is -3.95. The second kappa shape index (κ2) is 4.75. The van der Waals surface area contributed by atoms with Crippen LogP contribution >= 0.6 is 11.3 Å². The third-order valence-corrected chi connectivity index (χ3v) is 2.32. The first kappa shape index (κ1) is 11.5. The van der Waals surface area contributed by atoms with Crippen molar-refractivity contribution < 1.29 is 17.6 Å². The predicted molar refractivity (Wildman–Crippen MR) is 47.0 cm³/mol. The van der Waals surface area contributed by atoms with Gasteiger partial charge in [0, 0.05) is 6.54 Å². The Bertz CT molecular complexity index is 260. The first-order valence-electron chi connectivity index (χ1n) is 3.90. The van der Waals surface area contributed by atoms with Gasteiger partial charge in [0.05, 0.1) is 6.54 Å². The zero-order chi connectivity index (χ0) is 10.6. The lowest BCUT2D eigenvalue weighted by Crippen LogP contribution is -2.38. The molecule has 0 saturated carbocycles. The molecule has 0 saturated heterocycles. The van der Waals surface area contributed by atoms with E-state index in [0.29, 0.717) is 0 Å². The summed E-state index contributed by atoms with van der Waals surface area (Å²) in [6, 6.07) is 1.75. The highest BCUT2D eigenvalue weighted by Crippen LogP contribution is 2.21. The molecule has 1 aromatic rings. The fourth-order valence-electron chi connectivity index (χ4n) is 0.844. The molecule has 1 aromatic heterocycles. The maximum Gasteiger partial charge on any atom is 0.319 e. The normalized spacial score (nSPS) is 12.4. The zero-order valence-corrected chi connectivity index (χ0v) is 7.96. The summed E-state index contributed by atoms with van der Waals surface area (Å²) in [4.78, 5) is 0. The Balaban J connectivity index is 2.28. The average Bonchev–Trinajstić information content (AvgIpc) is 2.56. The third kappa shape index (κ3) is 3.26. The number of hydrogen-bond acceptors (Lipinski definition) is 2. The van der Waals surface area contributed by atoms with Gasteiger partial charge in [0.1, 0.15) is 0 Å². The smallest absolute Gasteiger partial charge is 0.307 e. The molecule has 1 heterocycles. The van der Waals surface area contributed by atoms with Crippen LogP contribution in [0.1, 0.15) is 5.56 Å². The van der Waals surface area contributed by atoms with Crippen molar-refractivity contribution in [2.24, 2.45) is 0 Å². The van der Waals surface area contributed by atoms with Gasteiger partial charge < -0.3 is 5.32 Å². The van der Waals surface area contributed by atoms with Crippen LogP contribution < -0.4 is 5.32 Å². The Hall–Kier alpha value is -0.620. The molecule has 80 valence electrons. The van der Waals surface area contributed by atoms with Crippen LogP contribution in [0.5, 0.6) is 0 Å². The van der Waals surface area contributed by atoms with Crippen molar-refractivity contribution in [2.75, 3.05) is 6.54 Å². The maximum atomic E-state index is 12.4. The fourth-order valence-corrected chi connectivity index (χ4v) is 1.51. The summed E-state index contributed by atoms with van der Waals surface area (Å²) in [5, 5.41) is 5.85. The van der Waals surface area contributed by atoms with E-state index in [9.17, 15) is 17.6 Å². The highest BCUT2D eigenvalue weighted by Gasteiger charge is 2.39. The molecular weight excluding hydrogens is 218 g/mol. The minimum atomic E-state index is -3.95. The topological polar surface area (TPSA) is 12.0 Å². The Labute approximate surface area is 82.7 Å². The van der Waals surface area contributed by atoms with E-state index in [2.05, 4.69) is 5.32 Å². The largest absolute Gasteiger partial charge is 0.319 e. The molecule has 0 aliphatic rings. The third-order valence-electron chi connectivity index (χ3n) is 1.59. The number of halogens is 4. The van der Waals surface area contributed by atoms with E-state index in [1.807, 2.05) is 0 Å². The minimum absolute atomic E-state index is 0.186. The number of hydrogen-bond donors (Lipinski definition) is 1. The fraction of sp³-hybridized carbons (Fsp3) is 0.500. The van der Waals surface area contributed by atoms with Gasteiger partial charge in [0.15, 0.2) is 0 Å². The summed E-state index contributed by atoms with van der Waals surface area (Å²) in [5.41, 5.74) is 0.820. The van der Waals surface area contributed by atoms with Gasteiger partial charge in [-0.15, -0.1) is 0 Å². The lowest BCUT2D eigenvalue weighted by Gasteiger charge is -2.15. The van der Waals surface area contributed by atoms with Crippen molar-refractivity contribution in [1.29, 1.82) is 0 Å². The van der Waals surface area contributed by atoms with Gasteiger partial charge in [-0.1, -0.05) is 0 Å². The van der Waals surface area contributed by atoms with E-state index in [1.165, 1.54) is 11.3 Å². The van der Waals surface area contributed by atoms with Crippen LogP contribution in [-0.2, 0) is 6.54 Å². The average molecular weight is 227 g/mol. The van der Waals surface area contributed by atoms with Crippen LogP contribution in [0.2, 0.25) is 0 Å². The molecule has 0 aliphatic carbocycles. The van der Waals surface area contributed by atoms with Crippen molar-refractivity contribution in [3.05, 3.63) is 22.4 Å². The SMILES string of the molecule is FC(F)C(F)(F)CNCc1ccsc1. The van der Waals surface area contributed by atoms with Gasteiger partial charge in [0.2, 0.25) is 0 Å². The highest BCUT2D eigenvalue weighted by atomic mass is 32.1. The Morgan fingerprint density at radius 1 is 1.43 bits per heavy atom. The van der Waals surface area contributed by atoms with Crippen LogP contribution in [0.3, 0.4) is 0 Å². The van der Waals surface area contributed by atoms with Crippen LogP contribution in [0.15, 0.2) is 16.8 Å². The molecule has 6 heteroatoms. The molecule has 0 spiro atoms. The first-order chi connectivity index (χ1) is 6.52. The van der Waals surface area contributed by atoms with Crippen LogP contribution in [0.25, 0.3) is 0 Å². The predicted octanol–water partition coefficient (Wildman–Crippen LogP) is 2.74. The molecule has 1 nitrogen and oxygen atoms in total. The molecule has 0 unspecified atom stereocenters. The lowest BCUT2D eigenvalue weighted by atomic mass is 10.3. The summed E-state index contributed by atoms with van der Waals surface area (Å²) in [6.45, 7) is -0.813. The van der Waals surface area contributed by atoms with Crippen molar-refractivity contribution >= 4 is 11.3 Å². The van der Waals surface area contributed by atoms with Gasteiger partial charge in [-0.05, 0) is 22.4 Å². The molecule has 1 rings (SSSR count).